The zero-order chi connectivity index (χ0) is 14.0. The molecule has 98 valence electrons. The predicted molar refractivity (Wildman–Crippen MR) is 67.1 cm³/mol. The van der Waals surface area contributed by atoms with E-state index in [9.17, 15) is 9.59 Å². The molecule has 2 heterocycles. The number of nitrogens with zero attached hydrogens (tertiary/aromatic N) is 3. The molecule has 2 rings (SSSR count). The Labute approximate surface area is 108 Å². The molecule has 0 fully saturated rings. The molecule has 1 amide bonds. The molecular weight excluding hydrogens is 248 g/mol. The summed E-state index contributed by atoms with van der Waals surface area (Å²) in [6.07, 6.45) is 1.66. The van der Waals surface area contributed by atoms with Gasteiger partial charge in [0.15, 0.2) is 0 Å². The summed E-state index contributed by atoms with van der Waals surface area (Å²) in [5, 5.41) is 15.5. The molecule has 2 aromatic rings. The van der Waals surface area contributed by atoms with Crippen LogP contribution in [0.5, 0.6) is 0 Å². The van der Waals surface area contributed by atoms with Crippen molar-refractivity contribution in [3.63, 3.8) is 0 Å². The topological polar surface area (TPSA) is 97.1 Å². The molecule has 7 heteroatoms. The van der Waals surface area contributed by atoms with E-state index in [2.05, 4.69) is 15.4 Å². The van der Waals surface area contributed by atoms with Crippen LogP contribution < -0.4 is 5.32 Å². The number of rotatable bonds is 3. The maximum absolute atomic E-state index is 11.9. The van der Waals surface area contributed by atoms with Crippen LogP contribution in [0.15, 0.2) is 24.4 Å². The molecule has 7 nitrogen and oxygen atoms in total. The van der Waals surface area contributed by atoms with Crippen molar-refractivity contribution in [1.29, 1.82) is 0 Å². The largest absolute Gasteiger partial charge is 0.477 e. The van der Waals surface area contributed by atoms with Crippen molar-refractivity contribution in [3.8, 4) is 0 Å². The molecule has 0 aliphatic heterocycles. The minimum Gasteiger partial charge on any atom is -0.477 e. The van der Waals surface area contributed by atoms with E-state index < -0.39 is 11.9 Å². The SMILES string of the molecule is Cc1nn(C)cc1NC(=O)c1cccc(C(=O)O)n1. The van der Waals surface area contributed by atoms with E-state index in [-0.39, 0.29) is 11.4 Å². The van der Waals surface area contributed by atoms with E-state index in [0.29, 0.717) is 11.4 Å². The first-order valence-corrected chi connectivity index (χ1v) is 5.49. The molecular formula is C12H12N4O3. The van der Waals surface area contributed by atoms with Crippen molar-refractivity contribution in [1.82, 2.24) is 14.8 Å². The summed E-state index contributed by atoms with van der Waals surface area (Å²) in [6.45, 7) is 1.76. The lowest BCUT2D eigenvalue weighted by Crippen LogP contribution is -2.15. The summed E-state index contributed by atoms with van der Waals surface area (Å²) >= 11 is 0. The lowest BCUT2D eigenvalue weighted by atomic mass is 10.3. The zero-order valence-electron chi connectivity index (χ0n) is 10.4. The lowest BCUT2D eigenvalue weighted by Gasteiger charge is -2.03. The molecule has 0 saturated heterocycles. The zero-order valence-corrected chi connectivity index (χ0v) is 10.4. The number of nitrogens with one attached hydrogen (secondary N) is 1. The maximum atomic E-state index is 11.9. The van der Waals surface area contributed by atoms with E-state index in [4.69, 9.17) is 5.11 Å². The minimum atomic E-state index is -1.17. The van der Waals surface area contributed by atoms with Crippen LogP contribution in [0, 0.1) is 6.92 Å². The Balaban J connectivity index is 2.23. The fraction of sp³-hybridized carbons (Fsp3) is 0.167. The van der Waals surface area contributed by atoms with Gasteiger partial charge in [0.2, 0.25) is 0 Å². The van der Waals surface area contributed by atoms with Crippen LogP contribution in [-0.4, -0.2) is 31.7 Å². The highest BCUT2D eigenvalue weighted by Gasteiger charge is 2.13. The number of carbonyl (C=O) groups is 2. The third-order valence-electron chi connectivity index (χ3n) is 2.46. The molecule has 0 bridgehead atoms. The summed E-state index contributed by atoms with van der Waals surface area (Å²) in [6, 6.07) is 4.25. The van der Waals surface area contributed by atoms with E-state index in [1.54, 1.807) is 24.9 Å². The number of hydrogen-bond donors (Lipinski definition) is 2. The number of aromatic carboxylic acids is 1. The molecule has 0 aromatic carbocycles. The summed E-state index contributed by atoms with van der Waals surface area (Å²) < 4.78 is 1.58. The minimum absolute atomic E-state index is 0.0446. The number of anilines is 1. The molecule has 0 radical (unpaired) electrons. The summed E-state index contributed by atoms with van der Waals surface area (Å²) in [5.74, 6) is -1.65. The Morgan fingerprint density at radius 2 is 2.00 bits per heavy atom. The monoisotopic (exact) mass is 260 g/mol. The van der Waals surface area contributed by atoms with Crippen molar-refractivity contribution >= 4 is 17.6 Å². The highest BCUT2D eigenvalue weighted by molar-refractivity contribution is 6.03. The van der Waals surface area contributed by atoms with Crippen molar-refractivity contribution in [2.45, 2.75) is 6.92 Å². The van der Waals surface area contributed by atoms with Gasteiger partial charge in [-0.05, 0) is 19.1 Å². The second-order valence-corrected chi connectivity index (χ2v) is 3.97. The van der Waals surface area contributed by atoms with Gasteiger partial charge < -0.3 is 10.4 Å². The van der Waals surface area contributed by atoms with Crippen LogP contribution >= 0.6 is 0 Å². The summed E-state index contributed by atoms with van der Waals surface area (Å²) in [4.78, 5) is 26.5. The second kappa shape index (κ2) is 4.89. The van der Waals surface area contributed by atoms with E-state index in [0.717, 1.165) is 0 Å². The molecule has 0 saturated carbocycles. The Kier molecular flexibility index (Phi) is 3.28. The number of aryl methyl sites for hydroxylation is 2. The van der Waals surface area contributed by atoms with Gasteiger partial charge in [0.05, 0.1) is 11.4 Å². The van der Waals surface area contributed by atoms with Gasteiger partial charge in [-0.25, -0.2) is 9.78 Å². The Morgan fingerprint density at radius 3 is 2.58 bits per heavy atom. The van der Waals surface area contributed by atoms with Crippen LogP contribution in [0.3, 0.4) is 0 Å². The standard InChI is InChI=1S/C12H12N4O3/c1-7-10(6-16(2)15-7)14-11(17)8-4-3-5-9(13-8)12(18)19/h3-6H,1-2H3,(H,14,17)(H,18,19). The van der Waals surface area contributed by atoms with Gasteiger partial charge in [-0.2, -0.15) is 5.10 Å². The van der Waals surface area contributed by atoms with E-state index in [1.807, 2.05) is 0 Å². The Morgan fingerprint density at radius 1 is 1.32 bits per heavy atom. The van der Waals surface area contributed by atoms with Crippen molar-refractivity contribution in [2.75, 3.05) is 5.32 Å². The van der Waals surface area contributed by atoms with Crippen LogP contribution in [0.25, 0.3) is 0 Å². The first-order valence-electron chi connectivity index (χ1n) is 5.49. The van der Waals surface area contributed by atoms with Gasteiger partial charge in [0, 0.05) is 13.2 Å². The molecule has 0 aliphatic carbocycles. The predicted octanol–water partition coefficient (Wildman–Crippen LogP) is 1.07. The van der Waals surface area contributed by atoms with Crippen molar-refractivity contribution in [2.24, 2.45) is 7.05 Å². The number of amides is 1. The molecule has 0 atom stereocenters. The highest BCUT2D eigenvalue weighted by atomic mass is 16.4. The van der Waals surface area contributed by atoms with Gasteiger partial charge in [0.25, 0.3) is 5.91 Å². The van der Waals surface area contributed by atoms with Crippen molar-refractivity contribution in [3.05, 3.63) is 41.5 Å². The number of hydrogen-bond acceptors (Lipinski definition) is 4. The average Bonchev–Trinajstić information content (AvgIpc) is 2.68. The Bertz CT molecular complexity index is 648. The highest BCUT2D eigenvalue weighted by Crippen LogP contribution is 2.12. The van der Waals surface area contributed by atoms with Crippen LogP contribution in [-0.2, 0) is 7.05 Å². The lowest BCUT2D eigenvalue weighted by molar-refractivity contribution is 0.0690. The third kappa shape index (κ3) is 2.76. The van der Waals surface area contributed by atoms with Crippen LogP contribution in [0.4, 0.5) is 5.69 Å². The smallest absolute Gasteiger partial charge is 0.354 e. The quantitative estimate of drug-likeness (QED) is 0.860. The van der Waals surface area contributed by atoms with Crippen LogP contribution in [0.1, 0.15) is 26.7 Å². The molecule has 0 spiro atoms. The number of carboxylic acid groups (broad SMARTS) is 1. The maximum Gasteiger partial charge on any atom is 0.354 e. The average molecular weight is 260 g/mol. The second-order valence-electron chi connectivity index (χ2n) is 3.97. The summed E-state index contributed by atoms with van der Waals surface area (Å²) in [7, 11) is 1.74. The fourth-order valence-corrected chi connectivity index (χ4v) is 1.59. The number of pyridine rings is 1. The number of aromatic nitrogens is 3. The van der Waals surface area contributed by atoms with E-state index >= 15 is 0 Å². The van der Waals surface area contributed by atoms with Gasteiger partial charge in [-0.1, -0.05) is 6.07 Å². The first kappa shape index (κ1) is 12.7. The van der Waals surface area contributed by atoms with E-state index in [1.165, 1.54) is 18.2 Å². The normalized spacial score (nSPS) is 10.2. The fourth-order valence-electron chi connectivity index (χ4n) is 1.59. The van der Waals surface area contributed by atoms with Crippen molar-refractivity contribution < 1.29 is 14.7 Å². The third-order valence-corrected chi connectivity index (χ3v) is 2.46. The number of carboxylic acids is 1. The van der Waals surface area contributed by atoms with Gasteiger partial charge in [-0.15, -0.1) is 0 Å². The molecule has 19 heavy (non-hydrogen) atoms. The van der Waals surface area contributed by atoms with Gasteiger partial charge >= 0.3 is 5.97 Å². The Hall–Kier alpha value is -2.70. The molecule has 2 aromatic heterocycles. The van der Waals surface area contributed by atoms with Gasteiger partial charge in [-0.3, -0.25) is 9.48 Å². The molecule has 2 N–H and O–H groups in total. The van der Waals surface area contributed by atoms with Crippen LogP contribution in [0.2, 0.25) is 0 Å². The number of carbonyl (C=O) groups excluding carboxylic acids is 1. The first-order chi connectivity index (χ1) is 8.97. The summed E-state index contributed by atoms with van der Waals surface area (Å²) in [5.41, 5.74) is 1.11. The van der Waals surface area contributed by atoms with Gasteiger partial charge in [0.1, 0.15) is 11.4 Å². The molecule has 0 aliphatic rings. The molecule has 0 unspecified atom stereocenters.